The summed E-state index contributed by atoms with van der Waals surface area (Å²) in [5, 5.41) is 9.33. The first-order chi connectivity index (χ1) is 10.6. The number of carbonyl (C=O) groups is 1. The Hall–Kier alpha value is -1.60. The number of hydrogen-bond acceptors (Lipinski definition) is 4. The summed E-state index contributed by atoms with van der Waals surface area (Å²) in [4.78, 5) is 14.5. The van der Waals surface area contributed by atoms with E-state index in [0.29, 0.717) is 25.9 Å². The van der Waals surface area contributed by atoms with Gasteiger partial charge in [0, 0.05) is 24.5 Å². The predicted molar refractivity (Wildman–Crippen MR) is 88.6 cm³/mol. The third-order valence-corrected chi connectivity index (χ3v) is 4.78. The van der Waals surface area contributed by atoms with Gasteiger partial charge in [-0.15, -0.1) is 0 Å². The lowest BCUT2D eigenvalue weighted by molar-refractivity contribution is -0.139. The van der Waals surface area contributed by atoms with Crippen molar-refractivity contribution in [3.8, 4) is 5.75 Å². The summed E-state index contributed by atoms with van der Waals surface area (Å²) in [7, 11) is -3.26. The van der Waals surface area contributed by atoms with Crippen molar-refractivity contribution in [1.29, 1.82) is 0 Å². The van der Waals surface area contributed by atoms with Crippen LogP contribution in [0.3, 0.4) is 0 Å². The molecular formula is C16H24N2O4S. The van der Waals surface area contributed by atoms with Gasteiger partial charge in [0.2, 0.25) is 15.9 Å². The second kappa shape index (κ2) is 6.49. The average molecular weight is 340 g/mol. The van der Waals surface area contributed by atoms with E-state index < -0.39 is 15.4 Å². The highest BCUT2D eigenvalue weighted by molar-refractivity contribution is 7.88. The second-order valence-corrected chi connectivity index (χ2v) is 8.63. The van der Waals surface area contributed by atoms with E-state index >= 15 is 0 Å². The Kier molecular flexibility index (Phi) is 5.01. The number of hydrogen-bond donors (Lipinski definition) is 2. The van der Waals surface area contributed by atoms with Gasteiger partial charge in [-0.05, 0) is 30.5 Å². The monoisotopic (exact) mass is 340 g/mol. The molecule has 23 heavy (non-hydrogen) atoms. The number of phenols is 1. The first kappa shape index (κ1) is 17.7. The molecule has 0 aromatic heterocycles. The number of sulfonamides is 1. The molecule has 1 fully saturated rings. The lowest BCUT2D eigenvalue weighted by Gasteiger charge is -2.29. The maximum absolute atomic E-state index is 12.7. The quantitative estimate of drug-likeness (QED) is 0.841. The number of aromatic hydroxyl groups is 1. The fraction of sp³-hybridized carbons (Fsp3) is 0.562. The Labute approximate surface area is 137 Å². The minimum Gasteiger partial charge on any atom is -0.508 e. The number of nitrogens with zero attached hydrogens (tertiary/aromatic N) is 1. The van der Waals surface area contributed by atoms with Crippen molar-refractivity contribution in [2.24, 2.45) is 5.41 Å². The molecule has 1 aromatic rings. The molecule has 1 aromatic carbocycles. The Morgan fingerprint density at radius 2 is 1.96 bits per heavy atom. The summed E-state index contributed by atoms with van der Waals surface area (Å²) in [5.74, 6) is 0.218. The lowest BCUT2D eigenvalue weighted by Crippen LogP contribution is -2.43. The SMILES string of the molecule is CC(C)(Cc1ccc(O)cc1)C(=O)N1CCC(NS(C)(=O)=O)C1. The van der Waals surface area contributed by atoms with Crippen molar-refractivity contribution < 1.29 is 18.3 Å². The molecule has 1 amide bonds. The van der Waals surface area contributed by atoms with E-state index in [-0.39, 0.29) is 17.7 Å². The summed E-state index contributed by atoms with van der Waals surface area (Å²) in [6.07, 6.45) is 2.33. The molecule has 1 aliphatic rings. The van der Waals surface area contributed by atoms with Crippen molar-refractivity contribution in [3.63, 3.8) is 0 Å². The molecule has 2 N–H and O–H groups in total. The third kappa shape index (κ3) is 4.94. The number of nitrogens with one attached hydrogen (secondary N) is 1. The van der Waals surface area contributed by atoms with Gasteiger partial charge >= 0.3 is 0 Å². The van der Waals surface area contributed by atoms with Crippen LogP contribution in [-0.4, -0.2) is 49.7 Å². The normalized spacial score (nSPS) is 19.1. The van der Waals surface area contributed by atoms with Crippen molar-refractivity contribution in [1.82, 2.24) is 9.62 Å². The van der Waals surface area contributed by atoms with Crippen molar-refractivity contribution >= 4 is 15.9 Å². The van der Waals surface area contributed by atoms with Crippen LogP contribution in [-0.2, 0) is 21.2 Å². The van der Waals surface area contributed by atoms with E-state index in [2.05, 4.69) is 4.72 Å². The molecule has 1 heterocycles. The van der Waals surface area contributed by atoms with Crippen LogP contribution in [0.5, 0.6) is 5.75 Å². The molecule has 2 rings (SSSR count). The topological polar surface area (TPSA) is 86.7 Å². The van der Waals surface area contributed by atoms with Crippen LogP contribution in [0.2, 0.25) is 0 Å². The van der Waals surface area contributed by atoms with Gasteiger partial charge in [-0.2, -0.15) is 0 Å². The number of likely N-dealkylation sites (tertiary alicyclic amines) is 1. The highest BCUT2D eigenvalue weighted by Gasteiger charge is 2.36. The Morgan fingerprint density at radius 3 is 2.52 bits per heavy atom. The maximum atomic E-state index is 12.7. The molecule has 0 radical (unpaired) electrons. The smallest absolute Gasteiger partial charge is 0.228 e. The van der Waals surface area contributed by atoms with E-state index in [1.807, 2.05) is 26.0 Å². The van der Waals surface area contributed by atoms with Crippen LogP contribution in [0.15, 0.2) is 24.3 Å². The Bertz CT molecular complexity index is 668. The van der Waals surface area contributed by atoms with Crippen LogP contribution in [0, 0.1) is 5.41 Å². The molecule has 1 atom stereocenters. The minimum absolute atomic E-state index is 0.0170. The molecule has 0 bridgehead atoms. The number of phenolic OH excluding ortho intramolecular Hbond substituents is 1. The first-order valence-electron chi connectivity index (χ1n) is 7.61. The molecule has 1 aliphatic heterocycles. The minimum atomic E-state index is -3.26. The van der Waals surface area contributed by atoms with Gasteiger partial charge in [-0.1, -0.05) is 26.0 Å². The maximum Gasteiger partial charge on any atom is 0.228 e. The largest absolute Gasteiger partial charge is 0.508 e. The van der Waals surface area contributed by atoms with Crippen LogP contribution in [0.4, 0.5) is 0 Å². The Balaban J connectivity index is 2.00. The van der Waals surface area contributed by atoms with Crippen LogP contribution >= 0.6 is 0 Å². The number of amides is 1. The van der Waals surface area contributed by atoms with E-state index in [1.54, 1.807) is 17.0 Å². The zero-order chi connectivity index (χ0) is 17.3. The molecule has 0 saturated carbocycles. The highest BCUT2D eigenvalue weighted by atomic mass is 32.2. The average Bonchev–Trinajstić information content (AvgIpc) is 2.86. The first-order valence-corrected chi connectivity index (χ1v) is 9.50. The van der Waals surface area contributed by atoms with Crippen molar-refractivity contribution in [2.45, 2.75) is 32.7 Å². The summed E-state index contributed by atoms with van der Waals surface area (Å²) in [5.41, 5.74) is 0.392. The second-order valence-electron chi connectivity index (χ2n) is 6.85. The van der Waals surface area contributed by atoms with Gasteiger partial charge in [0.05, 0.1) is 6.26 Å². The molecule has 128 valence electrons. The Morgan fingerprint density at radius 1 is 1.35 bits per heavy atom. The summed E-state index contributed by atoms with van der Waals surface area (Å²) < 4.78 is 25.1. The van der Waals surface area contributed by atoms with Crippen molar-refractivity contribution in [2.75, 3.05) is 19.3 Å². The van der Waals surface area contributed by atoms with Gasteiger partial charge in [-0.3, -0.25) is 4.79 Å². The van der Waals surface area contributed by atoms with Crippen LogP contribution in [0.25, 0.3) is 0 Å². The van der Waals surface area contributed by atoms with Crippen LogP contribution in [0.1, 0.15) is 25.8 Å². The number of benzene rings is 1. The van der Waals surface area contributed by atoms with Gasteiger partial charge in [0.15, 0.2) is 0 Å². The number of rotatable bonds is 5. The third-order valence-electron chi connectivity index (χ3n) is 4.02. The lowest BCUT2D eigenvalue weighted by atomic mass is 9.84. The fourth-order valence-electron chi connectivity index (χ4n) is 2.97. The molecule has 1 saturated heterocycles. The zero-order valence-corrected chi connectivity index (χ0v) is 14.6. The van der Waals surface area contributed by atoms with Gasteiger partial charge in [-0.25, -0.2) is 13.1 Å². The van der Waals surface area contributed by atoms with E-state index in [9.17, 15) is 18.3 Å². The van der Waals surface area contributed by atoms with E-state index in [1.165, 1.54) is 0 Å². The molecule has 7 heteroatoms. The fourth-order valence-corrected chi connectivity index (χ4v) is 3.77. The predicted octanol–water partition coefficient (Wildman–Crippen LogP) is 1.11. The summed E-state index contributed by atoms with van der Waals surface area (Å²) in [6, 6.07) is 6.62. The van der Waals surface area contributed by atoms with Gasteiger partial charge < -0.3 is 10.0 Å². The molecular weight excluding hydrogens is 316 g/mol. The summed E-state index contributed by atoms with van der Waals surface area (Å²) in [6.45, 7) is 4.74. The zero-order valence-electron chi connectivity index (χ0n) is 13.7. The highest BCUT2D eigenvalue weighted by Crippen LogP contribution is 2.27. The van der Waals surface area contributed by atoms with E-state index in [0.717, 1.165) is 11.8 Å². The van der Waals surface area contributed by atoms with E-state index in [4.69, 9.17) is 0 Å². The molecule has 0 aliphatic carbocycles. The molecule has 1 unspecified atom stereocenters. The van der Waals surface area contributed by atoms with Gasteiger partial charge in [0.1, 0.15) is 5.75 Å². The standard InChI is InChI=1S/C16H24N2O4S/c1-16(2,10-12-4-6-14(19)7-5-12)15(20)18-9-8-13(11-18)17-23(3,21)22/h4-7,13,17,19H,8-11H2,1-3H3. The van der Waals surface area contributed by atoms with Gasteiger partial charge in [0.25, 0.3) is 0 Å². The number of carbonyl (C=O) groups excluding carboxylic acids is 1. The summed E-state index contributed by atoms with van der Waals surface area (Å²) >= 11 is 0. The van der Waals surface area contributed by atoms with Crippen molar-refractivity contribution in [3.05, 3.63) is 29.8 Å². The molecule has 6 nitrogen and oxygen atoms in total. The van der Waals surface area contributed by atoms with Crippen LogP contribution < -0.4 is 4.72 Å². The molecule has 0 spiro atoms.